The number of nitrogens with zero attached hydrogens (tertiary/aromatic N) is 6. The number of nitriles is 2. The first-order valence-corrected chi connectivity index (χ1v) is 11.5. The number of fused-ring (bicyclic) bond motifs is 2. The summed E-state index contributed by atoms with van der Waals surface area (Å²) < 4.78 is 38.8. The molecule has 2 aromatic rings. The third-order valence-electron chi connectivity index (χ3n) is 6.56. The van der Waals surface area contributed by atoms with Crippen molar-refractivity contribution in [2.75, 3.05) is 26.2 Å². The van der Waals surface area contributed by atoms with Gasteiger partial charge in [-0.25, -0.2) is 0 Å². The zero-order chi connectivity index (χ0) is 25.4. The van der Waals surface area contributed by atoms with E-state index < -0.39 is 11.7 Å². The minimum Gasteiger partial charge on any atom is -0.314 e. The van der Waals surface area contributed by atoms with Gasteiger partial charge in [-0.15, -0.1) is 0 Å². The number of aliphatic imine (C=N–C) groups is 1. The van der Waals surface area contributed by atoms with E-state index in [9.17, 15) is 28.5 Å². The van der Waals surface area contributed by atoms with E-state index in [0.717, 1.165) is 23.4 Å². The van der Waals surface area contributed by atoms with Crippen molar-refractivity contribution in [2.45, 2.75) is 25.7 Å². The monoisotopic (exact) mass is 490 g/mol. The Morgan fingerprint density at radius 1 is 0.944 bits per heavy atom. The molecule has 36 heavy (non-hydrogen) atoms. The van der Waals surface area contributed by atoms with Gasteiger partial charge in [0, 0.05) is 38.3 Å². The summed E-state index contributed by atoms with van der Waals surface area (Å²) >= 11 is 0. The Kier molecular flexibility index (Phi) is 5.99. The number of carbonyl (C=O) groups is 1. The maximum Gasteiger partial charge on any atom is 0.416 e. The van der Waals surface area contributed by atoms with Gasteiger partial charge in [-0.3, -0.25) is 19.6 Å². The van der Waals surface area contributed by atoms with Crippen molar-refractivity contribution in [2.24, 2.45) is 4.99 Å². The van der Waals surface area contributed by atoms with Crippen LogP contribution in [0.3, 0.4) is 0 Å². The summed E-state index contributed by atoms with van der Waals surface area (Å²) in [4.78, 5) is 23.8. The molecule has 0 unspecified atom stereocenters. The van der Waals surface area contributed by atoms with Crippen LogP contribution < -0.4 is 0 Å². The Morgan fingerprint density at radius 3 is 2.28 bits per heavy atom. The van der Waals surface area contributed by atoms with E-state index in [1.165, 1.54) is 12.1 Å². The SMILES string of the molecule is N#Cc1cc(C#N)cc(CN2CCC3=C(C2)C(=O)N(Cc2ccc(C(F)(F)F)cc2)C2=NCCN23)c1. The summed E-state index contributed by atoms with van der Waals surface area (Å²) in [7, 11) is 0. The van der Waals surface area contributed by atoms with Crippen molar-refractivity contribution in [3.8, 4) is 12.1 Å². The number of hydrogen-bond donors (Lipinski definition) is 0. The van der Waals surface area contributed by atoms with E-state index in [0.29, 0.717) is 67.4 Å². The van der Waals surface area contributed by atoms with Crippen LogP contribution in [-0.2, 0) is 24.1 Å². The van der Waals surface area contributed by atoms with Crippen molar-refractivity contribution >= 4 is 11.9 Å². The van der Waals surface area contributed by atoms with Gasteiger partial charge >= 0.3 is 6.18 Å². The van der Waals surface area contributed by atoms with Gasteiger partial charge in [0.1, 0.15) is 0 Å². The summed E-state index contributed by atoms with van der Waals surface area (Å²) in [5, 5.41) is 18.5. The van der Waals surface area contributed by atoms with Crippen LogP contribution in [0.5, 0.6) is 0 Å². The lowest BCUT2D eigenvalue weighted by atomic mass is 9.99. The Balaban J connectivity index is 1.37. The molecule has 5 rings (SSSR count). The predicted molar refractivity (Wildman–Crippen MR) is 124 cm³/mol. The number of hydrogen-bond acceptors (Lipinski definition) is 6. The smallest absolute Gasteiger partial charge is 0.314 e. The van der Waals surface area contributed by atoms with Gasteiger partial charge in [-0.05, 0) is 41.5 Å². The molecule has 10 heteroatoms. The molecule has 0 aromatic heterocycles. The van der Waals surface area contributed by atoms with E-state index in [2.05, 4.69) is 22.0 Å². The molecule has 3 heterocycles. The van der Waals surface area contributed by atoms with Gasteiger partial charge in [-0.2, -0.15) is 23.7 Å². The molecule has 182 valence electrons. The highest BCUT2D eigenvalue weighted by atomic mass is 19.4. The average molecular weight is 490 g/mol. The van der Waals surface area contributed by atoms with Gasteiger partial charge < -0.3 is 4.90 Å². The first-order chi connectivity index (χ1) is 17.3. The molecule has 0 spiro atoms. The summed E-state index contributed by atoms with van der Waals surface area (Å²) in [6.45, 7) is 2.89. The van der Waals surface area contributed by atoms with Gasteiger partial charge in [-0.1, -0.05) is 12.1 Å². The molecule has 0 aliphatic carbocycles. The molecule has 0 radical (unpaired) electrons. The van der Waals surface area contributed by atoms with E-state index in [1.807, 2.05) is 4.90 Å². The van der Waals surface area contributed by atoms with Gasteiger partial charge in [0.15, 0.2) is 0 Å². The first kappa shape index (κ1) is 23.6. The molecule has 3 aliphatic heterocycles. The highest BCUT2D eigenvalue weighted by Gasteiger charge is 2.41. The van der Waals surface area contributed by atoms with Crippen molar-refractivity contribution in [3.63, 3.8) is 0 Å². The maximum atomic E-state index is 13.6. The highest BCUT2D eigenvalue weighted by Crippen LogP contribution is 2.33. The molecular formula is C26H21F3N6O. The number of alkyl halides is 3. The lowest BCUT2D eigenvalue weighted by Crippen LogP contribution is -2.53. The molecule has 0 fully saturated rings. The number of halogens is 3. The van der Waals surface area contributed by atoms with Crippen LogP contribution in [0.4, 0.5) is 13.2 Å². The maximum absolute atomic E-state index is 13.6. The fourth-order valence-corrected chi connectivity index (χ4v) is 4.90. The standard InChI is InChI=1S/C26H21F3N6O/c27-26(28,29)21-3-1-17(2-4-21)15-35-24(36)22-16-33(7-5-23(22)34-8-6-32-25(34)35)14-20-10-18(12-30)9-19(11-20)13-31/h1-4,9-11H,5-8,14-16H2. The normalized spacial score (nSPS) is 17.9. The number of benzene rings is 2. The van der Waals surface area contributed by atoms with Crippen LogP contribution >= 0.6 is 0 Å². The van der Waals surface area contributed by atoms with E-state index in [4.69, 9.17) is 0 Å². The van der Waals surface area contributed by atoms with Crippen molar-refractivity contribution < 1.29 is 18.0 Å². The average Bonchev–Trinajstić information content (AvgIpc) is 3.36. The number of carbonyl (C=O) groups excluding carboxylic acids is 1. The van der Waals surface area contributed by atoms with Crippen LogP contribution in [0.1, 0.15) is 34.2 Å². The Bertz CT molecular complexity index is 1330. The van der Waals surface area contributed by atoms with Crippen LogP contribution in [0.2, 0.25) is 0 Å². The second kappa shape index (κ2) is 9.14. The predicted octanol–water partition coefficient (Wildman–Crippen LogP) is 3.62. The van der Waals surface area contributed by atoms with Crippen LogP contribution in [0.25, 0.3) is 0 Å². The van der Waals surface area contributed by atoms with E-state index >= 15 is 0 Å². The molecular weight excluding hydrogens is 469 g/mol. The van der Waals surface area contributed by atoms with Crippen LogP contribution in [0, 0.1) is 22.7 Å². The second-order valence-corrected chi connectivity index (χ2v) is 8.95. The minimum absolute atomic E-state index is 0.124. The molecule has 0 saturated heterocycles. The first-order valence-electron chi connectivity index (χ1n) is 11.5. The third-order valence-corrected chi connectivity index (χ3v) is 6.56. The second-order valence-electron chi connectivity index (χ2n) is 8.95. The fraction of sp³-hybridized carbons (Fsp3) is 0.308. The topological polar surface area (TPSA) is 86.7 Å². The summed E-state index contributed by atoms with van der Waals surface area (Å²) in [6, 6.07) is 14.0. The largest absolute Gasteiger partial charge is 0.416 e. The molecule has 2 aromatic carbocycles. The van der Waals surface area contributed by atoms with Crippen molar-refractivity contribution in [1.82, 2.24) is 14.7 Å². The highest BCUT2D eigenvalue weighted by molar-refractivity contribution is 6.09. The number of rotatable bonds is 4. The molecule has 3 aliphatic rings. The molecule has 0 atom stereocenters. The van der Waals surface area contributed by atoms with E-state index in [1.54, 1.807) is 23.1 Å². The molecule has 7 nitrogen and oxygen atoms in total. The number of amides is 1. The third kappa shape index (κ3) is 4.43. The van der Waals surface area contributed by atoms with Crippen LogP contribution in [0.15, 0.2) is 58.7 Å². The Hall–Kier alpha value is -4.15. The quantitative estimate of drug-likeness (QED) is 0.654. The Labute approximate surface area is 206 Å². The fourth-order valence-electron chi connectivity index (χ4n) is 4.90. The minimum atomic E-state index is -4.42. The van der Waals surface area contributed by atoms with Gasteiger partial charge in [0.05, 0.1) is 47.5 Å². The molecule has 0 saturated carbocycles. The molecule has 1 amide bonds. The summed E-state index contributed by atoms with van der Waals surface area (Å²) in [6.07, 6.45) is -3.77. The van der Waals surface area contributed by atoms with Crippen molar-refractivity contribution in [3.05, 3.63) is 81.6 Å². The molecule has 0 N–H and O–H groups in total. The summed E-state index contributed by atoms with van der Waals surface area (Å²) in [5.41, 5.74) is 3.09. The number of guanidine groups is 1. The zero-order valence-corrected chi connectivity index (χ0v) is 19.2. The molecule has 0 bridgehead atoms. The van der Waals surface area contributed by atoms with Gasteiger partial charge in [0.25, 0.3) is 5.91 Å². The lowest BCUT2D eigenvalue weighted by molar-refractivity contribution is -0.137. The van der Waals surface area contributed by atoms with Crippen LogP contribution in [-0.4, -0.2) is 52.7 Å². The van der Waals surface area contributed by atoms with Crippen molar-refractivity contribution in [1.29, 1.82) is 10.5 Å². The summed E-state index contributed by atoms with van der Waals surface area (Å²) in [5.74, 6) is 0.350. The lowest BCUT2D eigenvalue weighted by Gasteiger charge is -2.42. The Morgan fingerprint density at radius 2 is 1.64 bits per heavy atom. The van der Waals surface area contributed by atoms with E-state index in [-0.39, 0.29) is 12.5 Å². The van der Waals surface area contributed by atoms with Gasteiger partial charge in [0.2, 0.25) is 5.96 Å². The zero-order valence-electron chi connectivity index (χ0n) is 19.2.